The van der Waals surface area contributed by atoms with Gasteiger partial charge in [-0.1, -0.05) is 24.3 Å². The van der Waals surface area contributed by atoms with Crippen LogP contribution in [0.2, 0.25) is 0 Å². The molecule has 9 heteroatoms. The molecule has 0 saturated carbocycles. The standard InChI is InChI=1S/C30H25F3N2O4/c31-30(32,33)26-5-1-2-7-28(26)38-18-22-16-25(21-10-14-37-17-21)23(15-24(22)20-8-12-34-13-9-20)19-39-29(36)27-6-3-4-11-35-27/h1-8,10-11,14-17,34H,9,12-13,18-19H2. The predicted octanol–water partition coefficient (Wildman–Crippen LogP) is 6.67. The molecule has 0 saturated heterocycles. The Kier molecular flexibility index (Phi) is 7.79. The number of hydrogen-bond donors (Lipinski definition) is 1. The quantitative estimate of drug-likeness (QED) is 0.255. The van der Waals surface area contributed by atoms with Crippen LogP contribution in [-0.2, 0) is 24.1 Å². The molecule has 0 spiro atoms. The van der Waals surface area contributed by atoms with Crippen LogP contribution in [-0.4, -0.2) is 24.0 Å². The summed E-state index contributed by atoms with van der Waals surface area (Å²) in [4.78, 5) is 16.7. The molecule has 1 N–H and O–H groups in total. The summed E-state index contributed by atoms with van der Waals surface area (Å²) in [6, 6.07) is 15.7. The number of hydrogen-bond acceptors (Lipinski definition) is 6. The molecule has 0 atom stereocenters. The normalized spacial score (nSPS) is 13.6. The highest BCUT2D eigenvalue weighted by atomic mass is 19.4. The van der Waals surface area contributed by atoms with Crippen LogP contribution in [0.25, 0.3) is 16.7 Å². The molecule has 0 unspecified atom stereocenters. The van der Waals surface area contributed by atoms with Gasteiger partial charge in [0.2, 0.25) is 0 Å². The van der Waals surface area contributed by atoms with Gasteiger partial charge in [0, 0.05) is 18.3 Å². The highest BCUT2D eigenvalue weighted by Crippen LogP contribution is 2.38. The van der Waals surface area contributed by atoms with Gasteiger partial charge in [0.1, 0.15) is 24.7 Å². The fraction of sp³-hybridized carbons (Fsp3) is 0.200. The average molecular weight is 535 g/mol. The molecule has 39 heavy (non-hydrogen) atoms. The summed E-state index contributed by atoms with van der Waals surface area (Å²) < 4.78 is 57.4. The summed E-state index contributed by atoms with van der Waals surface area (Å²) in [5, 5.41) is 3.27. The summed E-state index contributed by atoms with van der Waals surface area (Å²) in [7, 11) is 0. The van der Waals surface area contributed by atoms with Crippen LogP contribution < -0.4 is 10.1 Å². The lowest BCUT2D eigenvalue weighted by atomic mass is 9.89. The number of pyridine rings is 1. The third-order valence-corrected chi connectivity index (χ3v) is 6.38. The fourth-order valence-electron chi connectivity index (χ4n) is 4.46. The smallest absolute Gasteiger partial charge is 0.419 e. The van der Waals surface area contributed by atoms with Gasteiger partial charge in [-0.2, -0.15) is 13.2 Å². The van der Waals surface area contributed by atoms with Crippen LogP contribution in [0, 0.1) is 0 Å². The molecule has 0 radical (unpaired) electrons. The van der Waals surface area contributed by atoms with Crippen molar-refractivity contribution in [2.75, 3.05) is 13.1 Å². The van der Waals surface area contributed by atoms with Crippen molar-refractivity contribution in [3.63, 3.8) is 0 Å². The van der Waals surface area contributed by atoms with E-state index < -0.39 is 17.7 Å². The molecule has 0 aliphatic carbocycles. The van der Waals surface area contributed by atoms with E-state index in [1.54, 1.807) is 30.5 Å². The summed E-state index contributed by atoms with van der Waals surface area (Å²) in [6.07, 6.45) is 2.84. The Morgan fingerprint density at radius 3 is 2.51 bits per heavy atom. The maximum atomic E-state index is 13.6. The van der Waals surface area contributed by atoms with E-state index in [9.17, 15) is 18.0 Å². The van der Waals surface area contributed by atoms with E-state index in [1.165, 1.54) is 30.7 Å². The molecule has 4 aromatic rings. The van der Waals surface area contributed by atoms with Crippen molar-refractivity contribution in [1.82, 2.24) is 10.3 Å². The van der Waals surface area contributed by atoms with Crippen molar-refractivity contribution in [2.45, 2.75) is 25.8 Å². The SMILES string of the molecule is O=C(OCc1cc(C2=CCNCC2)c(COc2ccccc2C(F)(F)F)cc1-c1ccoc1)c1ccccn1. The number of carbonyl (C=O) groups is 1. The number of furan rings is 1. The van der Waals surface area contributed by atoms with Gasteiger partial charge < -0.3 is 19.2 Å². The van der Waals surface area contributed by atoms with Gasteiger partial charge in [-0.15, -0.1) is 0 Å². The van der Waals surface area contributed by atoms with E-state index >= 15 is 0 Å². The third-order valence-electron chi connectivity index (χ3n) is 6.38. The van der Waals surface area contributed by atoms with Crippen molar-refractivity contribution in [3.8, 4) is 16.9 Å². The van der Waals surface area contributed by atoms with E-state index in [0.717, 1.165) is 46.9 Å². The van der Waals surface area contributed by atoms with Gasteiger partial charge in [0.25, 0.3) is 0 Å². The highest BCUT2D eigenvalue weighted by molar-refractivity contribution is 5.87. The minimum absolute atomic E-state index is 0.0352. The van der Waals surface area contributed by atoms with Gasteiger partial charge in [-0.05, 0) is 83.3 Å². The van der Waals surface area contributed by atoms with Crippen LogP contribution in [0.15, 0.2) is 89.9 Å². The number of nitrogens with one attached hydrogen (secondary N) is 1. The monoisotopic (exact) mass is 534 g/mol. The van der Waals surface area contributed by atoms with E-state index in [4.69, 9.17) is 13.9 Å². The second-order valence-electron chi connectivity index (χ2n) is 8.94. The molecule has 0 bridgehead atoms. The van der Waals surface area contributed by atoms with Crippen molar-refractivity contribution >= 4 is 11.5 Å². The summed E-state index contributed by atoms with van der Waals surface area (Å²) in [5.41, 5.74) is 4.10. The molecule has 3 heterocycles. The number of benzene rings is 2. The Labute approximate surface area is 223 Å². The lowest BCUT2D eigenvalue weighted by molar-refractivity contribution is -0.139. The first kappa shape index (κ1) is 26.2. The number of aromatic nitrogens is 1. The summed E-state index contributed by atoms with van der Waals surface area (Å²) in [6.45, 7) is 1.30. The lowest BCUT2D eigenvalue weighted by Gasteiger charge is -2.21. The molecule has 0 fully saturated rings. The van der Waals surface area contributed by atoms with Crippen molar-refractivity contribution in [2.24, 2.45) is 0 Å². The van der Waals surface area contributed by atoms with Crippen molar-refractivity contribution in [1.29, 1.82) is 0 Å². The number of esters is 1. The molecule has 1 aliphatic heterocycles. The molecule has 6 nitrogen and oxygen atoms in total. The summed E-state index contributed by atoms with van der Waals surface area (Å²) >= 11 is 0. The molecular formula is C30H25F3N2O4. The van der Waals surface area contributed by atoms with Gasteiger partial charge in [0.05, 0.1) is 18.1 Å². The largest absolute Gasteiger partial charge is 0.488 e. The second kappa shape index (κ2) is 11.6. The molecule has 0 amide bonds. The first-order valence-corrected chi connectivity index (χ1v) is 12.4. The highest BCUT2D eigenvalue weighted by Gasteiger charge is 2.34. The first-order valence-electron chi connectivity index (χ1n) is 12.4. The van der Waals surface area contributed by atoms with E-state index in [0.29, 0.717) is 12.1 Å². The number of alkyl halides is 3. The number of para-hydroxylation sites is 1. The van der Waals surface area contributed by atoms with Crippen molar-refractivity contribution < 1.29 is 31.9 Å². The molecule has 2 aromatic carbocycles. The van der Waals surface area contributed by atoms with Crippen LogP contribution in [0.4, 0.5) is 13.2 Å². The zero-order valence-electron chi connectivity index (χ0n) is 20.8. The number of nitrogens with zero attached hydrogens (tertiary/aromatic N) is 1. The van der Waals surface area contributed by atoms with Gasteiger partial charge in [-0.3, -0.25) is 0 Å². The van der Waals surface area contributed by atoms with Crippen LogP contribution in [0.3, 0.4) is 0 Å². The predicted molar refractivity (Wildman–Crippen MR) is 139 cm³/mol. The van der Waals surface area contributed by atoms with Crippen LogP contribution in [0.5, 0.6) is 5.75 Å². The maximum Gasteiger partial charge on any atom is 0.419 e. The minimum atomic E-state index is -4.54. The Morgan fingerprint density at radius 1 is 1.00 bits per heavy atom. The topological polar surface area (TPSA) is 73.6 Å². The first-order chi connectivity index (χ1) is 18.9. The number of halogens is 3. The molecule has 200 valence electrons. The zero-order valence-corrected chi connectivity index (χ0v) is 20.8. The maximum absolute atomic E-state index is 13.6. The van der Waals surface area contributed by atoms with Gasteiger partial charge in [-0.25, -0.2) is 9.78 Å². The van der Waals surface area contributed by atoms with E-state index in [1.807, 2.05) is 18.2 Å². The van der Waals surface area contributed by atoms with E-state index in [-0.39, 0.29) is 24.7 Å². The number of rotatable bonds is 8. The minimum Gasteiger partial charge on any atom is -0.488 e. The molecule has 5 rings (SSSR count). The Hall–Kier alpha value is -4.37. The summed E-state index contributed by atoms with van der Waals surface area (Å²) in [5.74, 6) is -0.805. The zero-order chi connectivity index (χ0) is 27.2. The van der Waals surface area contributed by atoms with Gasteiger partial charge >= 0.3 is 12.1 Å². The van der Waals surface area contributed by atoms with Gasteiger partial charge in [0.15, 0.2) is 0 Å². The third kappa shape index (κ3) is 6.21. The average Bonchev–Trinajstić information content (AvgIpc) is 3.50. The second-order valence-corrected chi connectivity index (χ2v) is 8.94. The van der Waals surface area contributed by atoms with E-state index in [2.05, 4.69) is 10.3 Å². The molecular weight excluding hydrogens is 509 g/mol. The lowest BCUT2D eigenvalue weighted by Crippen LogP contribution is -2.20. The molecule has 2 aromatic heterocycles. The fourth-order valence-corrected chi connectivity index (χ4v) is 4.46. The van der Waals surface area contributed by atoms with Crippen molar-refractivity contribution in [3.05, 3.63) is 113 Å². The number of ether oxygens (including phenoxy) is 2. The Morgan fingerprint density at radius 2 is 1.79 bits per heavy atom. The Balaban J connectivity index is 1.52. The number of carbonyl (C=O) groups excluding carboxylic acids is 1. The Bertz CT molecular complexity index is 1470. The van der Waals surface area contributed by atoms with Crippen LogP contribution in [0.1, 0.15) is 39.2 Å². The van der Waals surface area contributed by atoms with Crippen LogP contribution >= 0.6 is 0 Å². The molecule has 1 aliphatic rings.